The average Bonchev–Trinajstić information content (AvgIpc) is 3.03. The van der Waals surface area contributed by atoms with Gasteiger partial charge in [0.2, 0.25) is 11.8 Å². The molecule has 7 heteroatoms. The summed E-state index contributed by atoms with van der Waals surface area (Å²) in [4.78, 5) is 14.5. The maximum Gasteiger partial charge on any atom is 0.254 e. The van der Waals surface area contributed by atoms with Crippen molar-refractivity contribution in [2.24, 2.45) is 0 Å². The van der Waals surface area contributed by atoms with Crippen LogP contribution in [0.4, 0.5) is 0 Å². The van der Waals surface area contributed by atoms with Crippen molar-refractivity contribution in [3.05, 3.63) is 41.1 Å². The van der Waals surface area contributed by atoms with E-state index in [-0.39, 0.29) is 12.0 Å². The van der Waals surface area contributed by atoms with Gasteiger partial charge in [0.05, 0.1) is 19.8 Å². The minimum absolute atomic E-state index is 0.0551. The largest absolute Gasteiger partial charge is 0.494 e. The van der Waals surface area contributed by atoms with Gasteiger partial charge in [-0.3, -0.25) is 4.79 Å². The molecule has 1 aliphatic heterocycles. The Morgan fingerprint density at radius 1 is 1.38 bits per heavy atom. The van der Waals surface area contributed by atoms with Gasteiger partial charge >= 0.3 is 0 Å². The molecule has 24 heavy (non-hydrogen) atoms. The topological polar surface area (TPSA) is 77.7 Å². The Bertz CT molecular complexity index is 728. The molecule has 1 aromatic heterocycles. The Labute approximate surface area is 140 Å². The average molecular weight is 331 g/mol. The van der Waals surface area contributed by atoms with E-state index in [1.807, 2.05) is 26.0 Å². The summed E-state index contributed by atoms with van der Waals surface area (Å²) in [7, 11) is 0. The second-order valence-electron chi connectivity index (χ2n) is 5.68. The zero-order valence-corrected chi connectivity index (χ0v) is 14.1. The van der Waals surface area contributed by atoms with Gasteiger partial charge in [0, 0.05) is 19.0 Å². The molecule has 1 aliphatic rings. The van der Waals surface area contributed by atoms with Crippen LogP contribution in [-0.2, 0) is 4.74 Å². The summed E-state index contributed by atoms with van der Waals surface area (Å²) < 4.78 is 16.7. The highest BCUT2D eigenvalue weighted by atomic mass is 16.5. The van der Waals surface area contributed by atoms with Gasteiger partial charge in [-0.05, 0) is 31.5 Å². The van der Waals surface area contributed by atoms with Crippen molar-refractivity contribution in [3.8, 4) is 5.75 Å². The first kappa shape index (κ1) is 16.4. The molecule has 1 fully saturated rings. The van der Waals surface area contributed by atoms with Crippen LogP contribution in [0, 0.1) is 13.8 Å². The zero-order chi connectivity index (χ0) is 17.1. The van der Waals surface area contributed by atoms with Crippen LogP contribution in [0.2, 0.25) is 0 Å². The van der Waals surface area contributed by atoms with Gasteiger partial charge in [0.1, 0.15) is 5.75 Å². The lowest BCUT2D eigenvalue weighted by Gasteiger charge is -2.31. The van der Waals surface area contributed by atoms with Gasteiger partial charge < -0.3 is 18.8 Å². The lowest BCUT2D eigenvalue weighted by atomic mass is 10.1. The van der Waals surface area contributed by atoms with E-state index >= 15 is 0 Å². The minimum atomic E-state index is -0.388. The summed E-state index contributed by atoms with van der Waals surface area (Å²) in [5.41, 5.74) is 1.61. The standard InChI is InChI=1S/C17H21N3O4/c1-4-22-14-9-13(6-5-11(14)2)17(21)20-7-8-23-15(10-20)16-19-18-12(3)24-16/h5-6,9,15H,4,7-8,10H2,1-3H3/t15-/m1/s1. The molecular formula is C17H21N3O4. The number of aryl methyl sites for hydroxylation is 2. The van der Waals surface area contributed by atoms with Crippen molar-refractivity contribution in [3.63, 3.8) is 0 Å². The molecular weight excluding hydrogens is 310 g/mol. The lowest BCUT2D eigenvalue weighted by molar-refractivity contribution is -0.0349. The van der Waals surface area contributed by atoms with Crippen molar-refractivity contribution in [1.82, 2.24) is 15.1 Å². The highest BCUT2D eigenvalue weighted by Gasteiger charge is 2.29. The van der Waals surface area contributed by atoms with Crippen LogP contribution in [0.1, 0.15) is 40.7 Å². The Kier molecular flexibility index (Phi) is 4.80. The van der Waals surface area contributed by atoms with Crippen LogP contribution in [0.3, 0.4) is 0 Å². The maximum atomic E-state index is 12.8. The molecule has 0 N–H and O–H groups in total. The fourth-order valence-corrected chi connectivity index (χ4v) is 2.65. The highest BCUT2D eigenvalue weighted by Crippen LogP contribution is 2.24. The second kappa shape index (κ2) is 7.00. The Morgan fingerprint density at radius 2 is 2.21 bits per heavy atom. The van der Waals surface area contributed by atoms with Gasteiger partial charge in [-0.25, -0.2) is 0 Å². The number of rotatable bonds is 4. The van der Waals surface area contributed by atoms with Gasteiger partial charge in [0.15, 0.2) is 6.10 Å². The normalized spacial score (nSPS) is 17.8. The summed E-state index contributed by atoms with van der Waals surface area (Å²) in [5.74, 6) is 1.57. The molecule has 0 bridgehead atoms. The van der Waals surface area contributed by atoms with Crippen LogP contribution in [0.5, 0.6) is 5.75 Å². The molecule has 0 radical (unpaired) electrons. The third-order valence-electron chi connectivity index (χ3n) is 3.91. The quantitative estimate of drug-likeness (QED) is 0.855. The lowest BCUT2D eigenvalue weighted by Crippen LogP contribution is -2.42. The number of hydrogen-bond donors (Lipinski definition) is 0. The van der Waals surface area contributed by atoms with Gasteiger partial charge in [-0.15, -0.1) is 10.2 Å². The van der Waals surface area contributed by atoms with E-state index in [0.717, 1.165) is 11.3 Å². The van der Waals surface area contributed by atoms with Crippen molar-refractivity contribution < 1.29 is 18.7 Å². The number of amides is 1. The van der Waals surface area contributed by atoms with Crippen LogP contribution in [-0.4, -0.2) is 47.3 Å². The van der Waals surface area contributed by atoms with Gasteiger partial charge in [-0.1, -0.05) is 6.07 Å². The first-order valence-corrected chi connectivity index (χ1v) is 8.02. The minimum Gasteiger partial charge on any atom is -0.494 e. The van der Waals surface area contributed by atoms with Crippen LogP contribution in [0.25, 0.3) is 0 Å². The van der Waals surface area contributed by atoms with Crippen molar-refractivity contribution in [2.45, 2.75) is 26.9 Å². The number of nitrogens with zero attached hydrogens (tertiary/aromatic N) is 3. The Balaban J connectivity index is 1.76. The fraction of sp³-hybridized carbons (Fsp3) is 0.471. The molecule has 0 saturated carbocycles. The summed E-state index contributed by atoms with van der Waals surface area (Å²) in [5, 5.41) is 7.80. The number of ether oxygens (including phenoxy) is 2. The predicted octanol–water partition coefficient (Wildman–Crippen LogP) is 2.30. The Hall–Kier alpha value is -2.41. The van der Waals surface area contributed by atoms with E-state index < -0.39 is 0 Å². The smallest absolute Gasteiger partial charge is 0.254 e. The molecule has 1 saturated heterocycles. The molecule has 128 valence electrons. The van der Waals surface area contributed by atoms with E-state index in [0.29, 0.717) is 43.6 Å². The fourth-order valence-electron chi connectivity index (χ4n) is 2.65. The molecule has 2 heterocycles. The van der Waals surface area contributed by atoms with E-state index in [9.17, 15) is 4.79 Å². The summed E-state index contributed by atoms with van der Waals surface area (Å²) in [6.45, 7) is 7.52. The summed E-state index contributed by atoms with van der Waals surface area (Å²) >= 11 is 0. The van der Waals surface area contributed by atoms with Crippen LogP contribution < -0.4 is 4.74 Å². The second-order valence-corrected chi connectivity index (χ2v) is 5.68. The predicted molar refractivity (Wildman–Crippen MR) is 86.0 cm³/mol. The molecule has 1 atom stereocenters. The molecule has 7 nitrogen and oxygen atoms in total. The van der Waals surface area contributed by atoms with E-state index in [1.165, 1.54) is 0 Å². The molecule has 1 amide bonds. The number of benzene rings is 1. The third kappa shape index (κ3) is 3.41. The first-order valence-electron chi connectivity index (χ1n) is 8.02. The molecule has 0 unspecified atom stereocenters. The molecule has 1 aromatic carbocycles. The summed E-state index contributed by atoms with van der Waals surface area (Å²) in [6, 6.07) is 5.52. The molecule has 3 rings (SSSR count). The van der Waals surface area contributed by atoms with Gasteiger partial charge in [-0.2, -0.15) is 0 Å². The Morgan fingerprint density at radius 3 is 2.92 bits per heavy atom. The molecule has 0 spiro atoms. The monoisotopic (exact) mass is 331 g/mol. The van der Waals surface area contributed by atoms with Crippen LogP contribution in [0.15, 0.2) is 22.6 Å². The molecule has 2 aromatic rings. The number of carbonyl (C=O) groups excluding carboxylic acids is 1. The van der Waals surface area contributed by atoms with Crippen molar-refractivity contribution >= 4 is 5.91 Å². The van der Waals surface area contributed by atoms with E-state index in [2.05, 4.69) is 10.2 Å². The summed E-state index contributed by atoms with van der Waals surface area (Å²) in [6.07, 6.45) is -0.388. The number of aromatic nitrogens is 2. The molecule has 0 aliphatic carbocycles. The van der Waals surface area contributed by atoms with E-state index in [4.69, 9.17) is 13.9 Å². The van der Waals surface area contributed by atoms with Crippen LogP contribution >= 0.6 is 0 Å². The number of hydrogen-bond acceptors (Lipinski definition) is 6. The number of morpholine rings is 1. The maximum absolute atomic E-state index is 12.8. The number of carbonyl (C=O) groups is 1. The highest BCUT2D eigenvalue weighted by molar-refractivity contribution is 5.94. The first-order chi connectivity index (χ1) is 11.6. The van der Waals surface area contributed by atoms with Crippen molar-refractivity contribution in [1.29, 1.82) is 0 Å². The SMILES string of the molecule is CCOc1cc(C(=O)N2CCO[C@@H](c3nnc(C)o3)C2)ccc1C. The third-order valence-corrected chi connectivity index (χ3v) is 3.91. The van der Waals surface area contributed by atoms with Gasteiger partial charge in [0.25, 0.3) is 5.91 Å². The van der Waals surface area contributed by atoms with Crippen molar-refractivity contribution in [2.75, 3.05) is 26.3 Å². The zero-order valence-electron chi connectivity index (χ0n) is 14.1. The van der Waals surface area contributed by atoms with E-state index in [1.54, 1.807) is 17.9 Å².